The smallest absolute Gasteiger partial charge is 0.0343 e. The highest BCUT2D eigenvalue weighted by molar-refractivity contribution is 5.39. The lowest BCUT2D eigenvalue weighted by atomic mass is 10.1. The van der Waals surface area contributed by atoms with Crippen LogP contribution in [0.15, 0.2) is 12.4 Å². The molecule has 0 aromatic carbocycles. The van der Waals surface area contributed by atoms with Crippen molar-refractivity contribution in [3.05, 3.63) is 28.4 Å². The standard InChI is InChI=1S/C10H11N.C2H6/c1-8-6-11-7-9-4-2-3-5-10(8)9;1-2/h4-7H,2-3H2,1H3;1-2H3. The van der Waals surface area contributed by atoms with Gasteiger partial charge in [0.2, 0.25) is 0 Å². The van der Waals surface area contributed by atoms with Gasteiger partial charge in [-0.3, -0.25) is 4.98 Å². The molecule has 1 aliphatic rings. The van der Waals surface area contributed by atoms with Crippen molar-refractivity contribution in [3.63, 3.8) is 0 Å². The number of pyridine rings is 1. The molecule has 0 atom stereocenters. The van der Waals surface area contributed by atoms with Crippen molar-refractivity contribution >= 4 is 12.2 Å². The molecule has 0 spiro atoms. The number of hydrogen-bond donors (Lipinski definition) is 0. The third-order valence-corrected chi connectivity index (χ3v) is 2.10. The molecule has 0 aliphatic heterocycles. The van der Waals surface area contributed by atoms with Gasteiger partial charge in [0.05, 0.1) is 0 Å². The molecule has 1 nitrogen and oxygen atoms in total. The highest BCUT2D eigenvalue weighted by Crippen LogP contribution is 1.95. The quantitative estimate of drug-likeness (QED) is 0.585. The van der Waals surface area contributed by atoms with Gasteiger partial charge in [-0.2, -0.15) is 0 Å². The third kappa shape index (κ3) is 2.18. The molecule has 1 aliphatic carbocycles. The molecule has 1 heteroatoms. The fraction of sp³-hybridized carbons (Fsp3) is 0.417. The van der Waals surface area contributed by atoms with E-state index in [0.717, 1.165) is 6.42 Å². The highest BCUT2D eigenvalue weighted by atomic mass is 14.6. The Balaban J connectivity index is 0.000000396. The Bertz CT molecular complexity index is 377. The molecular weight excluding hydrogens is 158 g/mol. The molecule has 0 unspecified atom stereocenters. The summed E-state index contributed by atoms with van der Waals surface area (Å²) in [6.07, 6.45) is 10.8. The zero-order valence-electron chi connectivity index (χ0n) is 8.67. The minimum Gasteiger partial charge on any atom is -0.264 e. The second-order valence-electron chi connectivity index (χ2n) is 2.94. The number of aryl methyl sites for hydroxylation is 1. The molecule has 1 aromatic heterocycles. The maximum absolute atomic E-state index is 4.15. The topological polar surface area (TPSA) is 12.9 Å². The Morgan fingerprint density at radius 3 is 2.46 bits per heavy atom. The summed E-state index contributed by atoms with van der Waals surface area (Å²) in [7, 11) is 0. The van der Waals surface area contributed by atoms with Crippen molar-refractivity contribution in [1.29, 1.82) is 0 Å². The molecule has 13 heavy (non-hydrogen) atoms. The highest BCUT2D eigenvalue weighted by Gasteiger charge is 1.94. The molecule has 0 saturated heterocycles. The SMILES string of the molecule is CC.Cc1cncc2c1=CCCC=2. The van der Waals surface area contributed by atoms with Crippen molar-refractivity contribution < 1.29 is 0 Å². The van der Waals surface area contributed by atoms with Gasteiger partial charge in [0.1, 0.15) is 0 Å². The van der Waals surface area contributed by atoms with Gasteiger partial charge in [-0.25, -0.2) is 0 Å². The fourth-order valence-electron chi connectivity index (χ4n) is 1.50. The van der Waals surface area contributed by atoms with E-state index in [1.54, 1.807) is 0 Å². The van der Waals surface area contributed by atoms with E-state index in [9.17, 15) is 0 Å². The minimum absolute atomic E-state index is 1.16. The summed E-state index contributed by atoms with van der Waals surface area (Å²) < 4.78 is 0. The molecule has 0 radical (unpaired) electrons. The summed E-state index contributed by atoms with van der Waals surface area (Å²) in [5, 5.41) is 2.68. The number of rotatable bonds is 0. The molecule has 1 aromatic rings. The molecule has 1 heterocycles. The second-order valence-corrected chi connectivity index (χ2v) is 2.94. The molecule has 0 bridgehead atoms. The largest absolute Gasteiger partial charge is 0.264 e. The summed E-state index contributed by atoms with van der Waals surface area (Å²) in [5.74, 6) is 0. The first-order chi connectivity index (χ1) is 6.38. The van der Waals surface area contributed by atoms with E-state index >= 15 is 0 Å². The second kappa shape index (κ2) is 4.80. The van der Waals surface area contributed by atoms with Crippen LogP contribution < -0.4 is 10.4 Å². The Hall–Kier alpha value is -1.11. The summed E-state index contributed by atoms with van der Waals surface area (Å²) in [5.41, 5.74) is 1.29. The van der Waals surface area contributed by atoms with Crippen molar-refractivity contribution in [1.82, 2.24) is 4.98 Å². The van der Waals surface area contributed by atoms with Gasteiger partial charge in [-0.15, -0.1) is 0 Å². The van der Waals surface area contributed by atoms with Gasteiger partial charge in [0.15, 0.2) is 0 Å². The Morgan fingerprint density at radius 2 is 1.77 bits per heavy atom. The van der Waals surface area contributed by atoms with E-state index in [1.807, 2.05) is 26.2 Å². The average molecular weight is 175 g/mol. The van der Waals surface area contributed by atoms with Gasteiger partial charge in [-0.05, 0) is 35.8 Å². The Morgan fingerprint density at radius 1 is 1.08 bits per heavy atom. The summed E-state index contributed by atoms with van der Waals surface area (Å²) in [6.45, 7) is 6.11. The van der Waals surface area contributed by atoms with Crippen molar-refractivity contribution in [2.45, 2.75) is 33.6 Å². The van der Waals surface area contributed by atoms with E-state index in [1.165, 1.54) is 22.4 Å². The van der Waals surface area contributed by atoms with Gasteiger partial charge in [0.25, 0.3) is 0 Å². The van der Waals surface area contributed by atoms with Crippen LogP contribution in [0.4, 0.5) is 0 Å². The van der Waals surface area contributed by atoms with Crippen LogP contribution in [0.25, 0.3) is 12.2 Å². The molecule has 2 rings (SSSR count). The van der Waals surface area contributed by atoms with Gasteiger partial charge in [0, 0.05) is 12.4 Å². The minimum atomic E-state index is 1.16. The van der Waals surface area contributed by atoms with E-state index < -0.39 is 0 Å². The molecule has 0 saturated carbocycles. The van der Waals surface area contributed by atoms with Crippen LogP contribution in [-0.4, -0.2) is 4.98 Å². The van der Waals surface area contributed by atoms with Crippen LogP contribution in [0.3, 0.4) is 0 Å². The first kappa shape index (κ1) is 9.97. The van der Waals surface area contributed by atoms with Crippen LogP contribution in [0.2, 0.25) is 0 Å². The number of hydrogen-bond acceptors (Lipinski definition) is 1. The first-order valence-corrected chi connectivity index (χ1v) is 4.99. The van der Waals surface area contributed by atoms with Crippen LogP contribution in [-0.2, 0) is 0 Å². The van der Waals surface area contributed by atoms with Crippen LogP contribution in [0.1, 0.15) is 32.3 Å². The van der Waals surface area contributed by atoms with E-state index in [0.29, 0.717) is 0 Å². The zero-order valence-corrected chi connectivity index (χ0v) is 8.67. The van der Waals surface area contributed by atoms with Crippen molar-refractivity contribution in [3.8, 4) is 0 Å². The van der Waals surface area contributed by atoms with Crippen LogP contribution in [0.5, 0.6) is 0 Å². The lowest BCUT2D eigenvalue weighted by molar-refractivity contribution is 1.09. The lowest BCUT2D eigenvalue weighted by Gasteiger charge is -2.00. The van der Waals surface area contributed by atoms with Gasteiger partial charge < -0.3 is 0 Å². The zero-order chi connectivity index (χ0) is 9.68. The number of nitrogens with zero attached hydrogens (tertiary/aromatic N) is 1. The van der Waals surface area contributed by atoms with Gasteiger partial charge in [-0.1, -0.05) is 26.0 Å². The predicted octanol–water partition coefficient (Wildman–Crippen LogP) is 1.77. The van der Waals surface area contributed by atoms with E-state index in [-0.39, 0.29) is 0 Å². The molecule has 0 amide bonds. The first-order valence-electron chi connectivity index (χ1n) is 4.99. The maximum Gasteiger partial charge on any atom is 0.0343 e. The van der Waals surface area contributed by atoms with Crippen LogP contribution in [0, 0.1) is 6.92 Å². The number of aromatic nitrogens is 1. The monoisotopic (exact) mass is 175 g/mol. The predicted molar refractivity (Wildman–Crippen MR) is 57.7 cm³/mol. The molecule has 70 valence electrons. The summed E-state index contributed by atoms with van der Waals surface area (Å²) >= 11 is 0. The Kier molecular flexibility index (Phi) is 3.69. The molecule has 0 N–H and O–H groups in total. The molecular formula is C12H17N. The normalized spacial score (nSPS) is 12.8. The van der Waals surface area contributed by atoms with Crippen molar-refractivity contribution in [2.24, 2.45) is 0 Å². The van der Waals surface area contributed by atoms with Crippen LogP contribution >= 0.6 is 0 Å². The maximum atomic E-state index is 4.15. The number of fused-ring (bicyclic) bond motifs is 1. The van der Waals surface area contributed by atoms with Gasteiger partial charge >= 0.3 is 0 Å². The third-order valence-electron chi connectivity index (χ3n) is 2.10. The average Bonchev–Trinajstić information content (AvgIpc) is 2.22. The Labute approximate surface area is 79.8 Å². The fourth-order valence-corrected chi connectivity index (χ4v) is 1.50. The van der Waals surface area contributed by atoms with E-state index in [4.69, 9.17) is 0 Å². The summed E-state index contributed by atoms with van der Waals surface area (Å²) in [4.78, 5) is 4.15. The summed E-state index contributed by atoms with van der Waals surface area (Å²) in [6, 6.07) is 0. The molecule has 0 fully saturated rings. The van der Waals surface area contributed by atoms with Crippen molar-refractivity contribution in [2.75, 3.05) is 0 Å². The lowest BCUT2D eigenvalue weighted by Crippen LogP contribution is -2.29. The van der Waals surface area contributed by atoms with E-state index in [2.05, 4.69) is 24.1 Å².